The maximum Gasteiger partial charge on any atom is 0.184 e. The Labute approximate surface area is 227 Å². The first-order valence-corrected chi connectivity index (χ1v) is 13.4. The van der Waals surface area contributed by atoms with Gasteiger partial charge in [-0.2, -0.15) is 0 Å². The maximum atomic E-state index is 14.8. The summed E-state index contributed by atoms with van der Waals surface area (Å²) in [6, 6.07) is 5.85. The van der Waals surface area contributed by atoms with E-state index < -0.39 is 33.6 Å². The van der Waals surface area contributed by atoms with Gasteiger partial charge in [-0.1, -0.05) is 60.9 Å². The number of aliphatic hydroxyl groups is 1. The summed E-state index contributed by atoms with van der Waals surface area (Å²) in [6.07, 6.45) is 7.10. The molecule has 2 N–H and O–H groups in total. The van der Waals surface area contributed by atoms with E-state index in [4.69, 9.17) is 0 Å². The van der Waals surface area contributed by atoms with Gasteiger partial charge in [0.25, 0.3) is 0 Å². The summed E-state index contributed by atoms with van der Waals surface area (Å²) in [5, 5.41) is 22.0. The van der Waals surface area contributed by atoms with E-state index in [1.54, 1.807) is 12.1 Å². The molecular weight excluding hydrogens is 476 g/mol. The van der Waals surface area contributed by atoms with Gasteiger partial charge in [0.05, 0.1) is 5.41 Å². The van der Waals surface area contributed by atoms with E-state index in [0.29, 0.717) is 12.8 Å². The SMILES string of the molecule is CC(C)=CCC1=C(O)[C@]2(CC=C(C)C)C[C@@H](CC=C(C)C)C(C)(C)[C@](C(=O)c3cccc(O)c3)(C1=O)C2=O. The van der Waals surface area contributed by atoms with Gasteiger partial charge in [-0.05, 0) is 90.7 Å². The number of hydrogen-bond donors (Lipinski definition) is 2. The summed E-state index contributed by atoms with van der Waals surface area (Å²) in [5.74, 6) is -2.31. The van der Waals surface area contributed by atoms with E-state index in [0.717, 1.165) is 16.7 Å². The van der Waals surface area contributed by atoms with Crippen LogP contribution in [0.25, 0.3) is 0 Å². The molecule has 0 amide bonds. The smallest absolute Gasteiger partial charge is 0.184 e. The monoisotopic (exact) mass is 518 g/mol. The van der Waals surface area contributed by atoms with Gasteiger partial charge in [0, 0.05) is 11.1 Å². The molecule has 3 atom stereocenters. The van der Waals surface area contributed by atoms with Crippen molar-refractivity contribution in [1.82, 2.24) is 0 Å². The lowest BCUT2D eigenvalue weighted by atomic mass is 9.39. The fourth-order valence-electron chi connectivity index (χ4n) is 6.21. The molecule has 0 aliphatic heterocycles. The Bertz CT molecular complexity index is 1280. The van der Waals surface area contributed by atoms with Crippen LogP contribution in [0.1, 0.15) is 91.4 Å². The molecule has 1 aromatic rings. The minimum absolute atomic E-state index is 0.113. The zero-order chi connectivity index (χ0) is 28.6. The van der Waals surface area contributed by atoms with Crippen LogP contribution in [0, 0.1) is 22.2 Å². The molecule has 0 spiro atoms. The van der Waals surface area contributed by atoms with E-state index in [9.17, 15) is 24.6 Å². The number of carbonyl (C=O) groups is 3. The van der Waals surface area contributed by atoms with Crippen LogP contribution in [0.5, 0.6) is 5.75 Å². The number of aliphatic hydroxyl groups excluding tert-OH is 1. The van der Waals surface area contributed by atoms with Gasteiger partial charge in [-0.25, -0.2) is 0 Å². The topological polar surface area (TPSA) is 91.7 Å². The van der Waals surface area contributed by atoms with Crippen molar-refractivity contribution in [1.29, 1.82) is 0 Å². The Balaban J connectivity index is 2.46. The van der Waals surface area contributed by atoms with Crippen LogP contribution in [0.15, 0.2) is 70.5 Å². The lowest BCUT2D eigenvalue weighted by Gasteiger charge is -2.59. The predicted octanol–water partition coefficient (Wildman–Crippen LogP) is 7.63. The lowest BCUT2D eigenvalue weighted by Crippen LogP contribution is -2.69. The molecule has 0 heterocycles. The number of fused-ring (bicyclic) bond motifs is 2. The van der Waals surface area contributed by atoms with Gasteiger partial charge in [-0.15, -0.1) is 0 Å². The number of allylic oxidation sites excluding steroid dienone is 8. The zero-order valence-corrected chi connectivity index (χ0v) is 24.1. The second-order valence-electron chi connectivity index (χ2n) is 12.3. The number of aromatic hydroxyl groups is 1. The Morgan fingerprint density at radius 2 is 1.55 bits per heavy atom. The molecule has 5 nitrogen and oxygen atoms in total. The quantitative estimate of drug-likeness (QED) is 0.210. The zero-order valence-electron chi connectivity index (χ0n) is 24.1. The summed E-state index contributed by atoms with van der Waals surface area (Å²) in [5.41, 5.74) is -1.18. The molecule has 2 aliphatic carbocycles. The van der Waals surface area contributed by atoms with Gasteiger partial charge in [0.15, 0.2) is 22.8 Å². The first-order valence-electron chi connectivity index (χ1n) is 13.4. The van der Waals surface area contributed by atoms with Crippen molar-refractivity contribution in [2.24, 2.45) is 22.2 Å². The van der Waals surface area contributed by atoms with Crippen LogP contribution in [0.4, 0.5) is 0 Å². The molecule has 0 saturated heterocycles. The van der Waals surface area contributed by atoms with Crippen molar-refractivity contribution < 1.29 is 24.6 Å². The van der Waals surface area contributed by atoms with Crippen LogP contribution < -0.4 is 0 Å². The van der Waals surface area contributed by atoms with Crippen LogP contribution >= 0.6 is 0 Å². The molecule has 1 saturated carbocycles. The Kier molecular flexibility index (Phi) is 8.12. The summed E-state index contributed by atoms with van der Waals surface area (Å²) in [6.45, 7) is 15.4. The summed E-state index contributed by atoms with van der Waals surface area (Å²) in [4.78, 5) is 44.0. The maximum absolute atomic E-state index is 14.8. The fraction of sp³-hybridized carbons (Fsp3) is 0.485. The second-order valence-corrected chi connectivity index (χ2v) is 12.3. The van der Waals surface area contributed by atoms with Gasteiger partial charge in [0.1, 0.15) is 11.5 Å². The van der Waals surface area contributed by atoms with Crippen molar-refractivity contribution in [3.63, 3.8) is 0 Å². The van der Waals surface area contributed by atoms with E-state index in [1.807, 2.05) is 67.5 Å². The third kappa shape index (κ3) is 4.61. The highest BCUT2D eigenvalue weighted by atomic mass is 16.3. The number of phenols is 1. The lowest BCUT2D eigenvalue weighted by molar-refractivity contribution is -0.164. The van der Waals surface area contributed by atoms with Crippen molar-refractivity contribution in [2.75, 3.05) is 0 Å². The van der Waals surface area contributed by atoms with Crippen LogP contribution in [0.2, 0.25) is 0 Å². The molecule has 204 valence electrons. The summed E-state index contributed by atoms with van der Waals surface area (Å²) < 4.78 is 0. The number of carbonyl (C=O) groups excluding carboxylic acids is 3. The Hall–Kier alpha value is -3.21. The molecule has 0 radical (unpaired) electrons. The van der Waals surface area contributed by atoms with Crippen molar-refractivity contribution >= 4 is 17.3 Å². The number of hydrogen-bond acceptors (Lipinski definition) is 5. The number of phenolic OH excluding ortho intramolecular Hbond substituents is 1. The normalized spacial score (nSPS) is 26.1. The molecule has 0 aromatic heterocycles. The third-order valence-corrected chi connectivity index (χ3v) is 8.54. The third-order valence-electron chi connectivity index (χ3n) is 8.54. The van der Waals surface area contributed by atoms with Crippen LogP contribution in [-0.2, 0) is 9.59 Å². The van der Waals surface area contributed by atoms with Gasteiger partial charge in [-0.3, -0.25) is 14.4 Å². The average molecular weight is 519 g/mol. The van der Waals surface area contributed by atoms with Gasteiger partial charge in [0.2, 0.25) is 0 Å². The minimum Gasteiger partial charge on any atom is -0.511 e. The van der Waals surface area contributed by atoms with Crippen molar-refractivity contribution in [2.45, 2.75) is 81.1 Å². The molecule has 5 heteroatoms. The van der Waals surface area contributed by atoms with Crippen molar-refractivity contribution in [3.05, 3.63) is 76.1 Å². The Morgan fingerprint density at radius 1 is 0.947 bits per heavy atom. The molecular formula is C33H42O5. The number of Topliss-reactive ketones (excluding diaryl/α,β-unsaturated/α-hetero) is 3. The van der Waals surface area contributed by atoms with Crippen LogP contribution in [-0.4, -0.2) is 27.6 Å². The van der Waals surface area contributed by atoms with E-state index >= 15 is 0 Å². The number of rotatable bonds is 8. The van der Waals surface area contributed by atoms with Crippen LogP contribution in [0.3, 0.4) is 0 Å². The molecule has 1 aromatic carbocycles. The highest BCUT2D eigenvalue weighted by Gasteiger charge is 2.75. The highest BCUT2D eigenvalue weighted by molar-refractivity contribution is 6.36. The van der Waals surface area contributed by atoms with E-state index in [2.05, 4.69) is 6.08 Å². The molecule has 38 heavy (non-hydrogen) atoms. The largest absolute Gasteiger partial charge is 0.511 e. The van der Waals surface area contributed by atoms with Gasteiger partial charge >= 0.3 is 0 Å². The molecule has 2 bridgehead atoms. The molecule has 3 rings (SSSR count). The number of benzene rings is 1. The number of ketones is 3. The Morgan fingerprint density at radius 3 is 2.11 bits per heavy atom. The second kappa shape index (κ2) is 10.5. The fourth-order valence-corrected chi connectivity index (χ4v) is 6.21. The molecule has 1 fully saturated rings. The van der Waals surface area contributed by atoms with Gasteiger partial charge < -0.3 is 10.2 Å². The van der Waals surface area contributed by atoms with E-state index in [1.165, 1.54) is 12.1 Å². The van der Waals surface area contributed by atoms with Crippen molar-refractivity contribution in [3.8, 4) is 5.75 Å². The first-order chi connectivity index (χ1) is 17.6. The highest BCUT2D eigenvalue weighted by Crippen LogP contribution is 2.66. The minimum atomic E-state index is -2.04. The molecule has 2 aliphatic rings. The summed E-state index contributed by atoms with van der Waals surface area (Å²) in [7, 11) is 0. The first kappa shape index (κ1) is 29.3. The molecule has 0 unspecified atom stereocenters. The van der Waals surface area contributed by atoms with E-state index in [-0.39, 0.29) is 41.4 Å². The predicted molar refractivity (Wildman–Crippen MR) is 151 cm³/mol. The standard InChI is InChI=1S/C33H42O5/c1-20(2)12-14-24-19-32(17-16-22(5)6)28(36)26(15-13-21(3)4)29(37)33(30(32)38,31(24,7)8)27(35)23-10-9-11-25(34)18-23/h9-13,16,18,24,34,36H,14-15,17,19H2,1-8H3/t24-,32+,33-/m1/s1. The average Bonchev–Trinajstić information content (AvgIpc) is 2.82. The summed E-state index contributed by atoms with van der Waals surface area (Å²) >= 11 is 0.